The van der Waals surface area contributed by atoms with Gasteiger partial charge in [-0.05, 0) is 42.5 Å². The van der Waals surface area contributed by atoms with Crippen LogP contribution in [-0.2, 0) is 16.4 Å². The van der Waals surface area contributed by atoms with Crippen LogP contribution in [0.25, 0.3) is 0 Å². The predicted molar refractivity (Wildman–Crippen MR) is 111 cm³/mol. The van der Waals surface area contributed by atoms with Crippen LogP contribution in [0.1, 0.15) is 24.0 Å². The Hall–Kier alpha value is -2.59. The zero-order chi connectivity index (χ0) is 20.4. The number of nitrogens with one attached hydrogen (secondary N) is 2. The molecule has 8 nitrogen and oxygen atoms in total. The lowest BCUT2D eigenvalue weighted by atomic mass is 10.0. The van der Waals surface area contributed by atoms with Crippen molar-refractivity contribution in [2.75, 3.05) is 36.5 Å². The van der Waals surface area contributed by atoms with Crippen molar-refractivity contribution in [2.24, 2.45) is 4.99 Å². The van der Waals surface area contributed by atoms with Crippen molar-refractivity contribution < 1.29 is 12.8 Å². The molecule has 1 fully saturated rings. The molecular weight excluding hydrogens is 395 g/mol. The molecule has 0 unspecified atom stereocenters. The Kier molecular flexibility index (Phi) is 5.46. The summed E-state index contributed by atoms with van der Waals surface area (Å²) in [5.74, 6) is -0.145. The van der Waals surface area contributed by atoms with Crippen LogP contribution >= 0.6 is 0 Å². The number of nitrogens with zero attached hydrogens (tertiary/aromatic N) is 4. The Labute approximate surface area is 169 Å². The largest absolute Gasteiger partial charge is 0.365 e. The summed E-state index contributed by atoms with van der Waals surface area (Å²) in [6.07, 6.45) is 6.28. The summed E-state index contributed by atoms with van der Waals surface area (Å²) >= 11 is 0. The molecular formula is C19H23FN6O2S. The van der Waals surface area contributed by atoms with E-state index in [-0.39, 0.29) is 17.8 Å². The number of sulfonamides is 1. The second kappa shape index (κ2) is 8.03. The van der Waals surface area contributed by atoms with Crippen LogP contribution in [0.2, 0.25) is 0 Å². The maximum Gasteiger partial charge on any atom is 0.229 e. The molecule has 0 atom stereocenters. The fraction of sp³-hybridized carbons (Fsp3) is 0.421. The van der Waals surface area contributed by atoms with Gasteiger partial charge in [0.05, 0.1) is 12.5 Å². The zero-order valence-corrected chi connectivity index (χ0v) is 16.9. The maximum atomic E-state index is 14.2. The lowest BCUT2D eigenvalue weighted by Crippen LogP contribution is -2.42. The number of hydrogen-bond donors (Lipinski definition) is 2. The van der Waals surface area contributed by atoms with Crippen molar-refractivity contribution in [3.05, 3.63) is 41.3 Å². The lowest BCUT2D eigenvalue weighted by Gasteiger charge is -2.30. The summed E-state index contributed by atoms with van der Waals surface area (Å²) < 4.78 is 38.9. The van der Waals surface area contributed by atoms with Crippen LogP contribution in [0.5, 0.6) is 0 Å². The van der Waals surface area contributed by atoms with Crippen LogP contribution < -0.4 is 10.6 Å². The highest BCUT2D eigenvalue weighted by molar-refractivity contribution is 7.88. The Bertz CT molecular complexity index is 1030. The molecule has 1 saturated heterocycles. The van der Waals surface area contributed by atoms with Crippen LogP contribution in [0, 0.1) is 5.82 Å². The quantitative estimate of drug-likeness (QED) is 0.772. The molecule has 1 aromatic carbocycles. The van der Waals surface area contributed by atoms with E-state index >= 15 is 0 Å². The number of hydrogen-bond acceptors (Lipinski definition) is 7. The fourth-order valence-corrected chi connectivity index (χ4v) is 4.43. The van der Waals surface area contributed by atoms with E-state index in [2.05, 4.69) is 25.6 Å². The maximum absolute atomic E-state index is 14.2. The van der Waals surface area contributed by atoms with E-state index in [0.29, 0.717) is 25.9 Å². The monoisotopic (exact) mass is 418 g/mol. The van der Waals surface area contributed by atoms with Gasteiger partial charge in [0.25, 0.3) is 0 Å². The van der Waals surface area contributed by atoms with Gasteiger partial charge in [0.15, 0.2) is 11.6 Å². The third kappa shape index (κ3) is 4.70. The van der Waals surface area contributed by atoms with E-state index in [0.717, 1.165) is 30.4 Å². The molecule has 0 radical (unpaired) electrons. The molecule has 2 aromatic rings. The first kappa shape index (κ1) is 19.7. The normalized spacial score (nSPS) is 17.7. The number of fused-ring (bicyclic) bond motifs is 1. The van der Waals surface area contributed by atoms with Gasteiger partial charge in [-0.25, -0.2) is 22.1 Å². The molecule has 2 N–H and O–H groups in total. The first-order valence-corrected chi connectivity index (χ1v) is 11.4. The van der Waals surface area contributed by atoms with Crippen molar-refractivity contribution in [3.8, 4) is 0 Å². The van der Waals surface area contributed by atoms with Crippen LogP contribution in [0.4, 0.5) is 21.8 Å². The summed E-state index contributed by atoms with van der Waals surface area (Å²) in [5, 5.41) is 6.20. The van der Waals surface area contributed by atoms with Gasteiger partial charge >= 0.3 is 0 Å². The van der Waals surface area contributed by atoms with Gasteiger partial charge in [0.2, 0.25) is 16.0 Å². The summed E-state index contributed by atoms with van der Waals surface area (Å²) in [5.41, 5.74) is 3.10. The standard InChI is InChI=1S/C19H23FN6O2S/c1-29(27,28)26-8-5-15(6-9-26)23-18-17(20)12-22-19(25-18)24-16-3-2-13-4-7-21-11-14(13)10-16/h2-3,10-12,15H,4-9H2,1H3,(H2,22,23,24,25). The van der Waals surface area contributed by atoms with Gasteiger partial charge in [0.1, 0.15) is 0 Å². The molecule has 10 heteroatoms. The van der Waals surface area contributed by atoms with Crippen molar-refractivity contribution in [1.29, 1.82) is 0 Å². The topological polar surface area (TPSA) is 99.6 Å². The molecule has 0 saturated carbocycles. The molecule has 3 heterocycles. The summed E-state index contributed by atoms with van der Waals surface area (Å²) in [6, 6.07) is 5.91. The highest BCUT2D eigenvalue weighted by Gasteiger charge is 2.25. The van der Waals surface area contributed by atoms with E-state index in [1.54, 1.807) is 0 Å². The van der Waals surface area contributed by atoms with E-state index in [4.69, 9.17) is 0 Å². The molecule has 0 bridgehead atoms. The second-order valence-corrected chi connectivity index (χ2v) is 9.28. The average Bonchev–Trinajstić information content (AvgIpc) is 2.70. The first-order chi connectivity index (χ1) is 13.9. The fourth-order valence-electron chi connectivity index (χ4n) is 3.55. The minimum absolute atomic E-state index is 0.0507. The third-order valence-corrected chi connectivity index (χ3v) is 6.45. The van der Waals surface area contributed by atoms with Gasteiger partial charge in [-0.3, -0.25) is 4.99 Å². The number of anilines is 3. The van der Waals surface area contributed by atoms with Crippen LogP contribution in [0.3, 0.4) is 0 Å². The number of halogens is 1. The number of aliphatic imine (C=N–C) groups is 1. The molecule has 2 aliphatic heterocycles. The molecule has 4 rings (SSSR count). The zero-order valence-electron chi connectivity index (χ0n) is 16.1. The molecule has 1 aromatic heterocycles. The van der Waals surface area contributed by atoms with Gasteiger partial charge in [-0.15, -0.1) is 0 Å². The molecule has 154 valence electrons. The summed E-state index contributed by atoms with van der Waals surface area (Å²) in [6.45, 7) is 1.62. The van der Waals surface area contributed by atoms with Crippen molar-refractivity contribution in [2.45, 2.75) is 25.3 Å². The predicted octanol–water partition coefficient (Wildman–Crippen LogP) is 2.17. The Morgan fingerprint density at radius 1 is 1.24 bits per heavy atom. The minimum atomic E-state index is -3.19. The van der Waals surface area contributed by atoms with E-state index in [1.165, 1.54) is 16.1 Å². The highest BCUT2D eigenvalue weighted by atomic mass is 32.2. The van der Waals surface area contributed by atoms with Crippen LogP contribution in [-0.4, -0.2) is 60.8 Å². The second-order valence-electron chi connectivity index (χ2n) is 7.29. The van der Waals surface area contributed by atoms with Crippen molar-refractivity contribution in [3.63, 3.8) is 0 Å². The smallest absolute Gasteiger partial charge is 0.229 e. The van der Waals surface area contributed by atoms with Gasteiger partial charge < -0.3 is 10.6 Å². The number of rotatable bonds is 5. The Morgan fingerprint density at radius 2 is 2.03 bits per heavy atom. The van der Waals surface area contributed by atoms with E-state index in [9.17, 15) is 12.8 Å². The molecule has 0 aliphatic carbocycles. The summed E-state index contributed by atoms with van der Waals surface area (Å²) in [7, 11) is -3.19. The van der Waals surface area contributed by atoms with Crippen molar-refractivity contribution in [1.82, 2.24) is 14.3 Å². The Balaban J connectivity index is 1.44. The van der Waals surface area contributed by atoms with Gasteiger partial charge in [0, 0.05) is 37.6 Å². The van der Waals surface area contributed by atoms with Gasteiger partial charge in [-0.1, -0.05) is 6.07 Å². The highest BCUT2D eigenvalue weighted by Crippen LogP contribution is 2.23. The average molecular weight is 418 g/mol. The molecule has 0 spiro atoms. The molecule has 0 amide bonds. The lowest BCUT2D eigenvalue weighted by molar-refractivity contribution is 0.331. The molecule has 29 heavy (non-hydrogen) atoms. The number of aromatic nitrogens is 2. The van der Waals surface area contributed by atoms with Crippen molar-refractivity contribution >= 4 is 33.7 Å². The van der Waals surface area contributed by atoms with E-state index in [1.807, 2.05) is 24.4 Å². The number of benzene rings is 1. The molecule has 2 aliphatic rings. The Morgan fingerprint density at radius 3 is 2.79 bits per heavy atom. The SMILES string of the molecule is CS(=O)(=O)N1CCC(Nc2nc(Nc3ccc4c(c3)C=NCC4)ncc2F)CC1. The number of piperidine rings is 1. The van der Waals surface area contributed by atoms with E-state index < -0.39 is 15.8 Å². The summed E-state index contributed by atoms with van der Waals surface area (Å²) in [4.78, 5) is 12.6. The van der Waals surface area contributed by atoms with Gasteiger partial charge in [-0.2, -0.15) is 4.98 Å². The van der Waals surface area contributed by atoms with Crippen LogP contribution in [0.15, 0.2) is 29.4 Å². The first-order valence-electron chi connectivity index (χ1n) is 9.52. The minimum Gasteiger partial charge on any atom is -0.365 e. The third-order valence-electron chi connectivity index (χ3n) is 5.15.